The van der Waals surface area contributed by atoms with E-state index in [9.17, 15) is 0 Å². The van der Waals surface area contributed by atoms with Gasteiger partial charge in [-0.05, 0) is 57.7 Å². The Morgan fingerprint density at radius 1 is 1.11 bits per heavy atom. The molecule has 1 aromatic heterocycles. The summed E-state index contributed by atoms with van der Waals surface area (Å²) in [4.78, 5) is 2.70. The normalized spacial score (nSPS) is 29.4. The fourth-order valence-corrected chi connectivity index (χ4v) is 3.82. The zero-order valence-electron chi connectivity index (χ0n) is 11.6. The molecular formula is C16H24N2O. The Bertz CT molecular complexity index is 430. The molecule has 1 unspecified atom stereocenters. The van der Waals surface area contributed by atoms with E-state index in [0.717, 1.165) is 12.5 Å². The van der Waals surface area contributed by atoms with Crippen LogP contribution in [0.5, 0.6) is 0 Å². The fraction of sp³-hybridized carbons (Fsp3) is 0.750. The van der Waals surface area contributed by atoms with Crippen molar-refractivity contribution in [2.45, 2.75) is 63.1 Å². The molecule has 3 heteroatoms. The summed E-state index contributed by atoms with van der Waals surface area (Å²) in [5, 5.41) is 3.89. The molecule has 4 rings (SSSR count). The number of fused-ring (bicyclic) bond motifs is 1. The van der Waals surface area contributed by atoms with Crippen LogP contribution in [0.2, 0.25) is 0 Å². The number of furan rings is 1. The molecule has 19 heavy (non-hydrogen) atoms. The maximum Gasteiger partial charge on any atom is 0.108 e. The Hall–Kier alpha value is -0.800. The predicted octanol–water partition coefficient (Wildman–Crippen LogP) is 2.87. The molecule has 1 saturated heterocycles. The Morgan fingerprint density at radius 3 is 2.74 bits per heavy atom. The molecule has 3 nitrogen and oxygen atoms in total. The first-order valence-corrected chi connectivity index (χ1v) is 7.96. The van der Waals surface area contributed by atoms with Crippen molar-refractivity contribution < 1.29 is 4.42 Å². The van der Waals surface area contributed by atoms with Crippen molar-refractivity contribution in [2.75, 3.05) is 13.1 Å². The Labute approximate surface area is 115 Å². The van der Waals surface area contributed by atoms with Crippen LogP contribution in [0, 0.1) is 0 Å². The van der Waals surface area contributed by atoms with Gasteiger partial charge in [0.05, 0.1) is 6.26 Å². The first-order chi connectivity index (χ1) is 9.40. The molecule has 1 atom stereocenters. The molecule has 1 aromatic rings. The average molecular weight is 260 g/mol. The minimum atomic E-state index is 0.542. The monoisotopic (exact) mass is 260 g/mol. The Balaban J connectivity index is 1.35. The minimum absolute atomic E-state index is 0.542. The molecule has 0 bridgehead atoms. The Morgan fingerprint density at radius 2 is 1.95 bits per heavy atom. The number of rotatable bonds is 3. The molecule has 1 aliphatic heterocycles. The van der Waals surface area contributed by atoms with Crippen molar-refractivity contribution in [1.82, 2.24) is 10.2 Å². The predicted molar refractivity (Wildman–Crippen MR) is 75.1 cm³/mol. The lowest BCUT2D eigenvalue weighted by Gasteiger charge is -2.35. The summed E-state index contributed by atoms with van der Waals surface area (Å²) in [5.74, 6) is 1.22. The molecule has 1 saturated carbocycles. The SMILES string of the molecule is c1cc2c(o1)CCCC2NC1CCN(C2CC2)CC1. The third kappa shape index (κ3) is 2.46. The van der Waals surface area contributed by atoms with Gasteiger partial charge in [-0.15, -0.1) is 0 Å². The number of nitrogens with zero attached hydrogens (tertiary/aromatic N) is 1. The quantitative estimate of drug-likeness (QED) is 0.906. The highest BCUT2D eigenvalue weighted by Gasteiger charge is 2.33. The van der Waals surface area contributed by atoms with E-state index < -0.39 is 0 Å². The van der Waals surface area contributed by atoms with Crippen LogP contribution in [0.1, 0.15) is 55.9 Å². The van der Waals surface area contributed by atoms with Crippen molar-refractivity contribution in [3.05, 3.63) is 23.7 Å². The lowest BCUT2D eigenvalue weighted by molar-refractivity contribution is 0.180. The topological polar surface area (TPSA) is 28.4 Å². The first-order valence-electron chi connectivity index (χ1n) is 7.96. The van der Waals surface area contributed by atoms with Gasteiger partial charge in [0.25, 0.3) is 0 Å². The van der Waals surface area contributed by atoms with Gasteiger partial charge < -0.3 is 14.6 Å². The van der Waals surface area contributed by atoms with Crippen LogP contribution in [0.25, 0.3) is 0 Å². The van der Waals surface area contributed by atoms with Crippen molar-refractivity contribution >= 4 is 0 Å². The van der Waals surface area contributed by atoms with E-state index in [1.165, 1.54) is 62.9 Å². The summed E-state index contributed by atoms with van der Waals surface area (Å²) in [6.45, 7) is 2.60. The van der Waals surface area contributed by atoms with E-state index in [0.29, 0.717) is 12.1 Å². The molecule has 2 fully saturated rings. The summed E-state index contributed by atoms with van der Waals surface area (Å²) < 4.78 is 5.58. The zero-order chi connectivity index (χ0) is 12.7. The molecule has 0 amide bonds. The summed E-state index contributed by atoms with van der Waals surface area (Å²) in [5.41, 5.74) is 1.43. The second-order valence-electron chi connectivity index (χ2n) is 6.45. The third-order valence-electron chi connectivity index (χ3n) is 5.08. The zero-order valence-corrected chi connectivity index (χ0v) is 11.6. The van der Waals surface area contributed by atoms with Crippen LogP contribution in [-0.2, 0) is 6.42 Å². The molecule has 3 aliphatic rings. The largest absolute Gasteiger partial charge is 0.469 e. The van der Waals surface area contributed by atoms with Gasteiger partial charge in [-0.3, -0.25) is 0 Å². The van der Waals surface area contributed by atoms with Gasteiger partial charge in [0.1, 0.15) is 5.76 Å². The molecule has 104 valence electrons. The fourth-order valence-electron chi connectivity index (χ4n) is 3.82. The van der Waals surface area contributed by atoms with Crippen molar-refractivity contribution in [3.63, 3.8) is 0 Å². The standard InChI is InChI=1S/C16H24N2O/c1-2-15(14-8-11-19-16(14)3-1)17-12-6-9-18(10-7-12)13-4-5-13/h8,11-13,15,17H,1-7,9-10H2. The summed E-state index contributed by atoms with van der Waals surface area (Å²) >= 11 is 0. The molecule has 0 aromatic carbocycles. The van der Waals surface area contributed by atoms with Gasteiger partial charge in [0.2, 0.25) is 0 Å². The van der Waals surface area contributed by atoms with Crippen LogP contribution >= 0.6 is 0 Å². The lowest BCUT2D eigenvalue weighted by Crippen LogP contribution is -2.44. The molecule has 1 N–H and O–H groups in total. The number of hydrogen-bond donors (Lipinski definition) is 1. The van der Waals surface area contributed by atoms with Gasteiger partial charge in [-0.1, -0.05) is 0 Å². The van der Waals surface area contributed by atoms with Crippen molar-refractivity contribution in [2.24, 2.45) is 0 Å². The van der Waals surface area contributed by atoms with Gasteiger partial charge in [-0.25, -0.2) is 0 Å². The van der Waals surface area contributed by atoms with Gasteiger partial charge in [-0.2, -0.15) is 0 Å². The highest BCUT2D eigenvalue weighted by atomic mass is 16.3. The summed E-state index contributed by atoms with van der Waals surface area (Å²) in [7, 11) is 0. The van der Waals surface area contributed by atoms with E-state index in [1.54, 1.807) is 0 Å². The van der Waals surface area contributed by atoms with Gasteiger partial charge >= 0.3 is 0 Å². The molecule has 2 heterocycles. The summed E-state index contributed by atoms with van der Waals surface area (Å²) in [6, 6.07) is 4.36. The highest BCUT2D eigenvalue weighted by molar-refractivity contribution is 5.24. The van der Waals surface area contributed by atoms with Crippen LogP contribution in [0.15, 0.2) is 16.7 Å². The number of aryl methyl sites for hydroxylation is 1. The number of likely N-dealkylation sites (tertiary alicyclic amines) is 1. The van der Waals surface area contributed by atoms with Gasteiger partial charge in [0.15, 0.2) is 0 Å². The lowest BCUT2D eigenvalue weighted by atomic mass is 9.91. The van der Waals surface area contributed by atoms with Crippen molar-refractivity contribution in [1.29, 1.82) is 0 Å². The molecule has 0 spiro atoms. The van der Waals surface area contributed by atoms with Gasteiger partial charge in [0, 0.05) is 30.1 Å². The molecule has 2 aliphatic carbocycles. The molecular weight excluding hydrogens is 236 g/mol. The maximum atomic E-state index is 5.58. The smallest absolute Gasteiger partial charge is 0.108 e. The maximum absolute atomic E-state index is 5.58. The van der Waals surface area contributed by atoms with Crippen LogP contribution in [0.4, 0.5) is 0 Å². The second-order valence-corrected chi connectivity index (χ2v) is 6.45. The average Bonchev–Trinajstić information content (AvgIpc) is 3.17. The molecule has 0 radical (unpaired) electrons. The summed E-state index contributed by atoms with van der Waals surface area (Å²) in [6.07, 6.45) is 11.0. The minimum Gasteiger partial charge on any atom is -0.469 e. The highest BCUT2D eigenvalue weighted by Crippen LogP contribution is 2.33. The van der Waals surface area contributed by atoms with E-state index in [2.05, 4.69) is 16.3 Å². The Kier molecular flexibility index (Phi) is 3.12. The van der Waals surface area contributed by atoms with E-state index >= 15 is 0 Å². The van der Waals surface area contributed by atoms with E-state index in [-0.39, 0.29) is 0 Å². The third-order valence-corrected chi connectivity index (χ3v) is 5.08. The number of piperidine rings is 1. The second kappa shape index (κ2) is 4.95. The van der Waals surface area contributed by atoms with E-state index in [1.807, 2.05) is 6.26 Å². The van der Waals surface area contributed by atoms with Crippen LogP contribution in [0.3, 0.4) is 0 Å². The van der Waals surface area contributed by atoms with Crippen molar-refractivity contribution in [3.8, 4) is 0 Å². The van der Waals surface area contributed by atoms with Crippen LogP contribution in [-0.4, -0.2) is 30.1 Å². The van der Waals surface area contributed by atoms with E-state index in [4.69, 9.17) is 4.42 Å². The number of nitrogens with one attached hydrogen (secondary N) is 1. The number of hydrogen-bond acceptors (Lipinski definition) is 3. The first kappa shape index (κ1) is 12.0. The van der Waals surface area contributed by atoms with Crippen LogP contribution < -0.4 is 5.32 Å².